The molecule has 2 aromatic rings. The van der Waals surface area contributed by atoms with Crippen molar-refractivity contribution in [3.8, 4) is 0 Å². The third kappa shape index (κ3) is 2.59. The Kier molecular flexibility index (Phi) is 3.66. The first-order valence-electron chi connectivity index (χ1n) is 5.50. The van der Waals surface area contributed by atoms with Crippen molar-refractivity contribution in [3.63, 3.8) is 0 Å². The first-order valence-corrected chi connectivity index (χ1v) is 5.88. The maximum absolute atomic E-state index is 10.8. The topological polar surface area (TPSA) is 104 Å². The molecule has 0 spiro atoms. The van der Waals surface area contributed by atoms with E-state index in [1.54, 1.807) is 19.1 Å². The van der Waals surface area contributed by atoms with Crippen LogP contribution < -0.4 is 0 Å². The Morgan fingerprint density at radius 1 is 1.30 bits per heavy atom. The Morgan fingerprint density at radius 3 is 2.55 bits per heavy atom. The summed E-state index contributed by atoms with van der Waals surface area (Å²) in [7, 11) is 0. The molecule has 0 aliphatic carbocycles. The van der Waals surface area contributed by atoms with Gasteiger partial charge in [-0.15, -0.1) is 0 Å². The van der Waals surface area contributed by atoms with Crippen molar-refractivity contribution in [1.82, 2.24) is 9.78 Å². The van der Waals surface area contributed by atoms with E-state index in [4.69, 9.17) is 11.6 Å². The van der Waals surface area contributed by atoms with Crippen LogP contribution in [0.25, 0.3) is 0 Å². The van der Waals surface area contributed by atoms with E-state index in [0.29, 0.717) is 11.1 Å². The van der Waals surface area contributed by atoms with Gasteiger partial charge in [0.15, 0.2) is 5.02 Å². The summed E-state index contributed by atoms with van der Waals surface area (Å²) in [6, 6.07) is 4.65. The van der Waals surface area contributed by atoms with Crippen LogP contribution in [0.5, 0.6) is 0 Å². The highest BCUT2D eigenvalue weighted by atomic mass is 35.5. The molecule has 0 saturated carbocycles. The van der Waals surface area contributed by atoms with Crippen LogP contribution in [0.15, 0.2) is 24.4 Å². The highest BCUT2D eigenvalue weighted by Gasteiger charge is 2.20. The number of halogens is 1. The van der Waals surface area contributed by atoms with E-state index in [0.717, 1.165) is 0 Å². The minimum atomic E-state index is -0.681. The predicted molar refractivity (Wildman–Crippen MR) is 70.8 cm³/mol. The summed E-state index contributed by atoms with van der Waals surface area (Å²) in [6.45, 7) is 1.79. The normalized spacial score (nSPS) is 10.5. The molecule has 104 valence electrons. The third-order valence-corrected chi connectivity index (χ3v) is 3.09. The number of hydrogen-bond acceptors (Lipinski definition) is 5. The van der Waals surface area contributed by atoms with Gasteiger partial charge in [-0.1, -0.05) is 23.7 Å². The fourth-order valence-corrected chi connectivity index (χ4v) is 2.02. The van der Waals surface area contributed by atoms with Crippen molar-refractivity contribution in [3.05, 3.63) is 60.8 Å². The Bertz CT molecular complexity index is 698. The molecule has 0 radical (unpaired) electrons. The van der Waals surface area contributed by atoms with Crippen molar-refractivity contribution in [2.24, 2.45) is 0 Å². The molecule has 1 aromatic heterocycles. The number of benzene rings is 1. The molecule has 0 unspecified atom stereocenters. The molecule has 9 heteroatoms. The van der Waals surface area contributed by atoms with Crippen LogP contribution in [0.3, 0.4) is 0 Å². The van der Waals surface area contributed by atoms with Gasteiger partial charge in [-0.05, 0) is 17.4 Å². The molecule has 0 amide bonds. The van der Waals surface area contributed by atoms with Gasteiger partial charge >= 0.3 is 5.82 Å². The standard InChI is InChI=1S/C11H9ClN4O4/c1-7-8(3-2-4-10(7)15(17)18)5-14-6-9(12)11(13-14)16(19)20/h2-4,6H,5H2,1H3. The summed E-state index contributed by atoms with van der Waals surface area (Å²) in [5, 5.41) is 25.2. The summed E-state index contributed by atoms with van der Waals surface area (Å²) >= 11 is 5.69. The van der Waals surface area contributed by atoms with Crippen LogP contribution in [-0.4, -0.2) is 19.6 Å². The average Bonchev–Trinajstić information content (AvgIpc) is 2.72. The zero-order chi connectivity index (χ0) is 14.9. The highest BCUT2D eigenvalue weighted by Crippen LogP contribution is 2.24. The van der Waals surface area contributed by atoms with Crippen molar-refractivity contribution in [1.29, 1.82) is 0 Å². The van der Waals surface area contributed by atoms with E-state index >= 15 is 0 Å². The lowest BCUT2D eigenvalue weighted by Crippen LogP contribution is -2.04. The number of nitro groups is 2. The number of hydrogen-bond donors (Lipinski definition) is 0. The summed E-state index contributed by atoms with van der Waals surface area (Å²) in [5.41, 5.74) is 1.13. The lowest BCUT2D eigenvalue weighted by Gasteiger charge is -2.04. The Morgan fingerprint density at radius 2 is 2.00 bits per heavy atom. The summed E-state index contributed by atoms with van der Waals surface area (Å²) in [4.78, 5) is 20.3. The average molecular weight is 297 g/mol. The number of nitro benzene ring substituents is 1. The number of rotatable bonds is 4. The molecule has 2 rings (SSSR count). The van der Waals surface area contributed by atoms with Crippen LogP contribution in [0, 0.1) is 27.2 Å². The molecular weight excluding hydrogens is 288 g/mol. The van der Waals surface area contributed by atoms with Gasteiger partial charge in [-0.25, -0.2) is 0 Å². The molecule has 8 nitrogen and oxygen atoms in total. The van der Waals surface area contributed by atoms with Gasteiger partial charge in [0, 0.05) is 11.6 Å². The van der Waals surface area contributed by atoms with Gasteiger partial charge in [-0.3, -0.25) is 10.1 Å². The van der Waals surface area contributed by atoms with Crippen LogP contribution in [0.1, 0.15) is 11.1 Å². The minimum Gasteiger partial charge on any atom is -0.358 e. The highest BCUT2D eigenvalue weighted by molar-refractivity contribution is 6.32. The fourth-order valence-electron chi connectivity index (χ4n) is 1.81. The molecule has 0 atom stereocenters. The molecule has 1 heterocycles. The molecule has 0 fully saturated rings. The molecular formula is C11H9ClN4O4. The van der Waals surface area contributed by atoms with Crippen molar-refractivity contribution < 1.29 is 9.85 Å². The first-order chi connectivity index (χ1) is 9.40. The Labute approximate surface area is 117 Å². The van der Waals surface area contributed by atoms with Crippen LogP contribution >= 0.6 is 11.6 Å². The minimum absolute atomic E-state index is 0.00440. The Hall–Kier alpha value is -2.48. The maximum Gasteiger partial charge on any atom is 0.408 e. The van der Waals surface area contributed by atoms with Gasteiger partial charge in [0.2, 0.25) is 0 Å². The lowest BCUT2D eigenvalue weighted by atomic mass is 10.1. The molecule has 0 N–H and O–H groups in total. The van der Waals surface area contributed by atoms with Gasteiger partial charge in [0.1, 0.15) is 0 Å². The smallest absolute Gasteiger partial charge is 0.358 e. The van der Waals surface area contributed by atoms with Gasteiger partial charge in [-0.2, -0.15) is 4.68 Å². The molecule has 0 saturated heterocycles. The zero-order valence-electron chi connectivity index (χ0n) is 10.3. The SMILES string of the molecule is Cc1c(Cn2cc(Cl)c([N+](=O)[O-])n2)cccc1[N+](=O)[O-]. The molecule has 0 aliphatic heterocycles. The molecule has 1 aromatic carbocycles. The fraction of sp³-hybridized carbons (Fsp3) is 0.182. The summed E-state index contributed by atoms with van der Waals surface area (Å²) < 4.78 is 1.28. The second kappa shape index (κ2) is 5.25. The quantitative estimate of drug-likeness (QED) is 0.637. The van der Waals surface area contributed by atoms with Crippen LogP contribution in [0.2, 0.25) is 5.02 Å². The lowest BCUT2D eigenvalue weighted by molar-refractivity contribution is -0.389. The Balaban J connectivity index is 2.35. The second-order valence-electron chi connectivity index (χ2n) is 4.07. The summed E-state index contributed by atoms with van der Waals surface area (Å²) in [5.74, 6) is -0.435. The van der Waals surface area contributed by atoms with E-state index in [1.165, 1.54) is 16.9 Å². The van der Waals surface area contributed by atoms with Crippen molar-refractivity contribution >= 4 is 23.1 Å². The number of nitrogens with zero attached hydrogens (tertiary/aromatic N) is 4. The zero-order valence-corrected chi connectivity index (χ0v) is 11.1. The van der Waals surface area contributed by atoms with Crippen LogP contribution in [-0.2, 0) is 6.54 Å². The molecule has 20 heavy (non-hydrogen) atoms. The maximum atomic E-state index is 10.8. The van der Waals surface area contributed by atoms with E-state index < -0.39 is 15.7 Å². The number of aromatic nitrogens is 2. The van der Waals surface area contributed by atoms with Gasteiger partial charge < -0.3 is 10.1 Å². The summed E-state index contributed by atoms with van der Waals surface area (Å²) in [6.07, 6.45) is 1.32. The third-order valence-electron chi connectivity index (χ3n) is 2.82. The van der Waals surface area contributed by atoms with E-state index in [2.05, 4.69) is 5.10 Å². The van der Waals surface area contributed by atoms with Gasteiger partial charge in [0.05, 0.1) is 22.8 Å². The van der Waals surface area contributed by atoms with Gasteiger partial charge in [0.25, 0.3) is 5.69 Å². The largest absolute Gasteiger partial charge is 0.408 e. The predicted octanol–water partition coefficient (Wildman–Crippen LogP) is 2.71. The molecule has 0 aliphatic rings. The first kappa shape index (κ1) is 13.9. The van der Waals surface area contributed by atoms with Crippen molar-refractivity contribution in [2.45, 2.75) is 13.5 Å². The monoisotopic (exact) mass is 296 g/mol. The van der Waals surface area contributed by atoms with E-state index in [1.807, 2.05) is 0 Å². The van der Waals surface area contributed by atoms with Crippen LogP contribution in [0.4, 0.5) is 11.5 Å². The van der Waals surface area contributed by atoms with E-state index in [-0.39, 0.29) is 17.3 Å². The van der Waals surface area contributed by atoms with E-state index in [9.17, 15) is 20.2 Å². The second-order valence-corrected chi connectivity index (χ2v) is 4.48. The van der Waals surface area contributed by atoms with Crippen molar-refractivity contribution in [2.75, 3.05) is 0 Å². The molecule has 0 bridgehead atoms.